The lowest BCUT2D eigenvalue weighted by atomic mass is 10.1. The van der Waals surface area contributed by atoms with Crippen LogP contribution in [0.2, 0.25) is 34.8 Å². The van der Waals surface area contributed by atoms with E-state index in [1.807, 2.05) is 0 Å². The van der Waals surface area contributed by atoms with E-state index < -0.39 is 22.7 Å². The molecule has 0 unspecified atom stereocenters. The first-order valence-corrected chi connectivity index (χ1v) is 16.4. The first-order chi connectivity index (χ1) is 13.0. The van der Waals surface area contributed by atoms with Crippen molar-refractivity contribution in [3.05, 3.63) is 0 Å². The lowest BCUT2D eigenvalue weighted by molar-refractivity contribution is 0.0970. The third-order valence-electron chi connectivity index (χ3n) is 7.48. The van der Waals surface area contributed by atoms with Crippen LogP contribution in [0.3, 0.4) is 0 Å². The molecule has 1 aliphatic carbocycles. The van der Waals surface area contributed by atoms with Gasteiger partial charge in [0, 0.05) is 18.6 Å². The van der Waals surface area contributed by atoms with Crippen LogP contribution in [0.5, 0.6) is 0 Å². The van der Waals surface area contributed by atoms with Gasteiger partial charge >= 0.3 is 6.09 Å². The monoisotopic (exact) mass is 445 g/mol. The summed E-state index contributed by atoms with van der Waals surface area (Å²) in [5.74, 6) is 0.240. The summed E-state index contributed by atoms with van der Waals surface area (Å²) in [7, 11) is -3.90. The van der Waals surface area contributed by atoms with Crippen molar-refractivity contribution in [1.82, 2.24) is 5.32 Å². The van der Waals surface area contributed by atoms with Crippen molar-refractivity contribution in [3.8, 4) is 0 Å². The molecule has 0 aromatic carbocycles. The first kappa shape index (κ1) is 26.7. The molecule has 1 aliphatic rings. The summed E-state index contributed by atoms with van der Waals surface area (Å²) >= 11 is 0. The molecule has 3 atom stereocenters. The number of rotatable bonds is 9. The van der Waals surface area contributed by atoms with Gasteiger partial charge in [0.1, 0.15) is 0 Å². The van der Waals surface area contributed by atoms with Crippen LogP contribution in [-0.4, -0.2) is 46.6 Å². The number of hydrogen-bond donors (Lipinski definition) is 2. The quantitative estimate of drug-likeness (QED) is 0.391. The maximum Gasteiger partial charge on any atom is 0.404 e. The van der Waals surface area contributed by atoms with Crippen molar-refractivity contribution in [3.63, 3.8) is 0 Å². The first-order valence-electron chi connectivity index (χ1n) is 11.4. The molecule has 1 amide bonds. The molecule has 0 radical (unpaired) electrons. The van der Waals surface area contributed by atoms with Crippen LogP contribution >= 0.6 is 0 Å². The zero-order chi connectivity index (χ0) is 22.8. The lowest BCUT2D eigenvalue weighted by Gasteiger charge is -2.45. The maximum atomic E-state index is 11.3. The number of carbonyl (C=O) groups is 1. The summed E-state index contributed by atoms with van der Waals surface area (Å²) in [5, 5.41) is 12.1. The fraction of sp³-hybridized carbons (Fsp3) is 0.955. The molecule has 172 valence electrons. The van der Waals surface area contributed by atoms with Crippen LogP contribution in [0.4, 0.5) is 4.79 Å². The van der Waals surface area contributed by atoms with Gasteiger partial charge in [-0.25, -0.2) is 4.79 Å². The van der Waals surface area contributed by atoms with E-state index in [9.17, 15) is 9.90 Å². The van der Waals surface area contributed by atoms with Gasteiger partial charge in [0.25, 0.3) is 0 Å². The molecule has 0 spiro atoms. The van der Waals surface area contributed by atoms with E-state index in [1.54, 1.807) is 0 Å². The van der Waals surface area contributed by atoms with Crippen LogP contribution in [0, 0.1) is 5.92 Å². The highest BCUT2D eigenvalue weighted by Crippen LogP contribution is 2.46. The molecular weight excluding hydrogens is 398 g/mol. The molecule has 1 saturated carbocycles. The second-order valence-electron chi connectivity index (χ2n) is 11.4. The third-order valence-corrected chi connectivity index (χ3v) is 18.1. The summed E-state index contributed by atoms with van der Waals surface area (Å²) in [5.41, 5.74) is 1.53. The smallest absolute Gasteiger partial charge is 0.404 e. The molecule has 29 heavy (non-hydrogen) atoms. The van der Waals surface area contributed by atoms with Gasteiger partial charge in [-0.2, -0.15) is 0 Å². The van der Waals surface area contributed by atoms with E-state index in [2.05, 4.69) is 80.7 Å². The van der Waals surface area contributed by atoms with E-state index >= 15 is 0 Å². The summed E-state index contributed by atoms with van der Waals surface area (Å²) in [6.07, 6.45) is 0.665. The lowest BCUT2D eigenvalue weighted by Crippen LogP contribution is -2.51. The zero-order valence-electron chi connectivity index (χ0n) is 20.8. The maximum absolute atomic E-state index is 11.3. The number of nitrogens with one attached hydrogen (secondary N) is 1. The Balaban J connectivity index is 3.09. The number of amides is 1. The highest BCUT2D eigenvalue weighted by atomic mass is 28.4. The van der Waals surface area contributed by atoms with Crippen LogP contribution in [0.15, 0.2) is 0 Å². The Bertz CT molecular complexity index is 522. The average molecular weight is 446 g/mol. The van der Waals surface area contributed by atoms with Crippen LogP contribution < -0.4 is 5.32 Å². The SMILES string of the molecule is CC(C)[Si](O[C@H]1C[C@H](NC(=O)O)C[C@@H]1CO[Si](C)(C)C(C)(C)C)(C(C)C)C(C)C. The molecule has 5 nitrogen and oxygen atoms in total. The van der Waals surface area contributed by atoms with Crippen LogP contribution in [-0.2, 0) is 8.85 Å². The largest absolute Gasteiger partial charge is 0.465 e. The second kappa shape index (κ2) is 9.83. The second-order valence-corrected chi connectivity index (χ2v) is 21.6. The van der Waals surface area contributed by atoms with Gasteiger partial charge in [-0.3, -0.25) is 0 Å². The number of carboxylic acid groups (broad SMARTS) is 1. The van der Waals surface area contributed by atoms with Gasteiger partial charge in [0.05, 0.1) is 6.10 Å². The highest BCUT2D eigenvalue weighted by Gasteiger charge is 2.50. The van der Waals surface area contributed by atoms with Crippen molar-refractivity contribution in [2.24, 2.45) is 5.92 Å². The molecule has 0 saturated heterocycles. The third kappa shape index (κ3) is 6.31. The standard InChI is InChI=1S/C22H47NO4Si2/c1-15(2)29(16(3)4,17(5)6)27-20-13-19(23-21(24)25)12-18(20)14-26-28(10,11)22(7,8)9/h15-20,23H,12-14H2,1-11H3,(H,24,25)/t18-,19-,20+/m1/s1. The molecule has 1 fully saturated rings. The molecule has 0 aromatic heterocycles. The summed E-state index contributed by atoms with van der Waals surface area (Å²) < 4.78 is 13.7. The van der Waals surface area contributed by atoms with Gasteiger partial charge in [0.2, 0.25) is 8.32 Å². The Morgan fingerprint density at radius 3 is 1.90 bits per heavy atom. The number of hydrogen-bond acceptors (Lipinski definition) is 3. The van der Waals surface area contributed by atoms with E-state index in [4.69, 9.17) is 8.85 Å². The Morgan fingerprint density at radius 2 is 1.52 bits per heavy atom. The van der Waals surface area contributed by atoms with E-state index in [0.717, 1.165) is 12.8 Å². The van der Waals surface area contributed by atoms with Gasteiger partial charge in [-0.1, -0.05) is 62.3 Å². The molecule has 1 rings (SSSR count). The molecule has 7 heteroatoms. The van der Waals surface area contributed by atoms with Crippen LogP contribution in [0.1, 0.15) is 75.2 Å². The molecule has 0 heterocycles. The predicted molar refractivity (Wildman–Crippen MR) is 127 cm³/mol. The van der Waals surface area contributed by atoms with Crippen molar-refractivity contribution >= 4 is 22.7 Å². The van der Waals surface area contributed by atoms with Crippen LogP contribution in [0.25, 0.3) is 0 Å². The molecule has 0 bridgehead atoms. The molecule has 2 N–H and O–H groups in total. The van der Waals surface area contributed by atoms with Gasteiger partial charge in [0.15, 0.2) is 8.32 Å². The minimum atomic E-state index is -2.03. The van der Waals surface area contributed by atoms with E-state index in [-0.39, 0.29) is 23.1 Å². The molecule has 0 aromatic rings. The Kier molecular flexibility index (Phi) is 9.04. The fourth-order valence-corrected chi connectivity index (χ4v) is 11.6. The summed E-state index contributed by atoms with van der Waals surface area (Å²) in [4.78, 5) is 11.3. The summed E-state index contributed by atoms with van der Waals surface area (Å²) in [6, 6.07) is -0.0521. The minimum absolute atomic E-state index is 0.0521. The Morgan fingerprint density at radius 1 is 1.03 bits per heavy atom. The van der Waals surface area contributed by atoms with Crippen molar-refractivity contribution in [2.45, 2.75) is 122 Å². The van der Waals surface area contributed by atoms with Gasteiger partial charge in [-0.05, 0) is 47.6 Å². The molecule has 0 aliphatic heterocycles. The molecular formula is C22H47NO4Si2. The Hall–Kier alpha value is -0.376. The normalized spacial score (nSPS) is 24.0. The fourth-order valence-electron chi connectivity index (χ4n) is 4.90. The Labute approximate surface area is 181 Å². The minimum Gasteiger partial charge on any atom is -0.465 e. The summed E-state index contributed by atoms with van der Waals surface area (Å²) in [6.45, 7) is 25.8. The van der Waals surface area contributed by atoms with Gasteiger partial charge in [-0.15, -0.1) is 0 Å². The van der Waals surface area contributed by atoms with Crippen molar-refractivity contribution in [1.29, 1.82) is 0 Å². The topological polar surface area (TPSA) is 67.8 Å². The zero-order valence-corrected chi connectivity index (χ0v) is 22.8. The predicted octanol–water partition coefficient (Wildman–Crippen LogP) is 6.62. The van der Waals surface area contributed by atoms with Crippen molar-refractivity contribution in [2.75, 3.05) is 6.61 Å². The van der Waals surface area contributed by atoms with Gasteiger partial charge < -0.3 is 19.3 Å². The highest BCUT2D eigenvalue weighted by molar-refractivity contribution is 6.77. The van der Waals surface area contributed by atoms with Crippen molar-refractivity contribution < 1.29 is 18.8 Å². The average Bonchev–Trinajstić information content (AvgIpc) is 2.89. The van der Waals surface area contributed by atoms with E-state index in [1.165, 1.54) is 0 Å². The van der Waals surface area contributed by atoms with E-state index in [0.29, 0.717) is 23.2 Å².